The number of thiophene rings is 1. The summed E-state index contributed by atoms with van der Waals surface area (Å²) >= 11 is 1.38. The standard InChI is InChI=1S/C16H13N3O2S/c20-15-13(18-16(21)19(15)14-6-3-7-22-14)8-10-9-17-12-5-2-1-4-11(10)12/h1-7,9,13,17H,8H2,(H,18,21)/t13-/m0/s1. The van der Waals surface area contributed by atoms with E-state index in [2.05, 4.69) is 10.3 Å². The van der Waals surface area contributed by atoms with Crippen molar-refractivity contribution in [2.75, 3.05) is 4.90 Å². The molecule has 1 aliphatic rings. The first-order valence-electron chi connectivity index (χ1n) is 6.97. The lowest BCUT2D eigenvalue weighted by Crippen LogP contribution is -2.32. The summed E-state index contributed by atoms with van der Waals surface area (Å²) in [5, 5.41) is 6.36. The molecule has 1 aromatic carbocycles. The number of urea groups is 1. The molecule has 3 heterocycles. The Labute approximate surface area is 130 Å². The zero-order chi connectivity index (χ0) is 15.1. The maximum absolute atomic E-state index is 12.5. The number of aromatic nitrogens is 1. The zero-order valence-electron chi connectivity index (χ0n) is 11.6. The second-order valence-electron chi connectivity index (χ2n) is 5.19. The van der Waals surface area contributed by atoms with Crippen LogP contribution in [-0.4, -0.2) is 23.0 Å². The summed E-state index contributed by atoms with van der Waals surface area (Å²) in [7, 11) is 0. The third kappa shape index (κ3) is 2.00. The number of imide groups is 1. The van der Waals surface area contributed by atoms with Crippen LogP contribution in [0, 0.1) is 0 Å². The Kier molecular flexibility index (Phi) is 2.97. The summed E-state index contributed by atoms with van der Waals surface area (Å²) in [6.45, 7) is 0. The number of hydrogen-bond acceptors (Lipinski definition) is 3. The molecule has 1 saturated heterocycles. The van der Waals surface area contributed by atoms with Gasteiger partial charge >= 0.3 is 6.03 Å². The normalized spacial score (nSPS) is 18.2. The van der Waals surface area contributed by atoms with Gasteiger partial charge in [0.1, 0.15) is 11.0 Å². The van der Waals surface area contributed by atoms with Crippen molar-refractivity contribution >= 4 is 39.2 Å². The van der Waals surface area contributed by atoms with Gasteiger partial charge in [0.05, 0.1) is 0 Å². The summed E-state index contributed by atoms with van der Waals surface area (Å²) in [5.74, 6) is -0.197. The highest BCUT2D eigenvalue weighted by molar-refractivity contribution is 7.14. The number of carbonyl (C=O) groups is 2. The number of anilines is 1. The molecule has 3 amide bonds. The van der Waals surface area contributed by atoms with Crippen LogP contribution in [0.15, 0.2) is 48.0 Å². The molecular weight excluding hydrogens is 298 g/mol. The van der Waals surface area contributed by atoms with Gasteiger partial charge in [-0.1, -0.05) is 18.2 Å². The van der Waals surface area contributed by atoms with Crippen LogP contribution in [0.1, 0.15) is 5.56 Å². The minimum atomic E-state index is -0.520. The van der Waals surface area contributed by atoms with Crippen molar-refractivity contribution in [1.29, 1.82) is 0 Å². The van der Waals surface area contributed by atoms with Crippen molar-refractivity contribution in [1.82, 2.24) is 10.3 Å². The lowest BCUT2D eigenvalue weighted by molar-refractivity contribution is -0.118. The Morgan fingerprint density at radius 2 is 2.00 bits per heavy atom. The molecule has 6 heteroatoms. The fourth-order valence-corrected chi connectivity index (χ4v) is 3.53. The van der Waals surface area contributed by atoms with Gasteiger partial charge in [-0.2, -0.15) is 0 Å². The molecule has 0 aliphatic carbocycles. The van der Waals surface area contributed by atoms with E-state index in [9.17, 15) is 9.59 Å². The van der Waals surface area contributed by atoms with Crippen molar-refractivity contribution in [3.05, 3.63) is 53.5 Å². The molecule has 0 unspecified atom stereocenters. The average Bonchev–Trinajstić information content (AvgIpc) is 3.22. The monoisotopic (exact) mass is 311 g/mol. The lowest BCUT2D eigenvalue weighted by Gasteiger charge is -2.10. The number of amides is 3. The number of carbonyl (C=O) groups excluding carboxylic acids is 2. The fourth-order valence-electron chi connectivity index (χ4n) is 2.80. The highest BCUT2D eigenvalue weighted by atomic mass is 32.1. The van der Waals surface area contributed by atoms with E-state index in [1.165, 1.54) is 16.2 Å². The predicted molar refractivity (Wildman–Crippen MR) is 86.1 cm³/mol. The second kappa shape index (κ2) is 4.99. The second-order valence-corrected chi connectivity index (χ2v) is 6.12. The number of H-pyrrole nitrogens is 1. The number of fused-ring (bicyclic) bond motifs is 1. The molecule has 1 atom stereocenters. The maximum Gasteiger partial charge on any atom is 0.330 e. The van der Waals surface area contributed by atoms with Crippen LogP contribution in [-0.2, 0) is 11.2 Å². The number of hydrogen-bond donors (Lipinski definition) is 2. The molecule has 5 nitrogen and oxygen atoms in total. The molecule has 1 fully saturated rings. The number of para-hydroxylation sites is 1. The van der Waals surface area contributed by atoms with Crippen LogP contribution in [0.5, 0.6) is 0 Å². The first-order chi connectivity index (χ1) is 10.7. The van der Waals surface area contributed by atoms with Gasteiger partial charge in [0.15, 0.2) is 0 Å². The number of nitrogens with one attached hydrogen (secondary N) is 2. The Morgan fingerprint density at radius 1 is 1.14 bits per heavy atom. The molecule has 1 aliphatic heterocycles. The zero-order valence-corrected chi connectivity index (χ0v) is 12.4. The third-order valence-electron chi connectivity index (χ3n) is 3.84. The van der Waals surface area contributed by atoms with E-state index in [0.29, 0.717) is 11.4 Å². The SMILES string of the molecule is O=C1N[C@@H](Cc2c[nH]c3ccccc23)C(=O)N1c1cccs1. The summed E-state index contributed by atoms with van der Waals surface area (Å²) in [4.78, 5) is 29.0. The van der Waals surface area contributed by atoms with Crippen LogP contribution >= 0.6 is 11.3 Å². The first kappa shape index (κ1) is 13.1. The highest BCUT2D eigenvalue weighted by Gasteiger charge is 2.39. The van der Waals surface area contributed by atoms with Gasteiger partial charge in [-0.3, -0.25) is 4.79 Å². The first-order valence-corrected chi connectivity index (χ1v) is 7.85. The lowest BCUT2D eigenvalue weighted by atomic mass is 10.1. The summed E-state index contributed by atoms with van der Waals surface area (Å²) in [6.07, 6.45) is 2.38. The van der Waals surface area contributed by atoms with Gasteiger partial charge in [0.2, 0.25) is 0 Å². The highest BCUT2D eigenvalue weighted by Crippen LogP contribution is 2.27. The third-order valence-corrected chi connectivity index (χ3v) is 4.70. The largest absolute Gasteiger partial charge is 0.361 e. The molecular formula is C16H13N3O2S. The van der Waals surface area contributed by atoms with E-state index >= 15 is 0 Å². The van der Waals surface area contributed by atoms with Crippen molar-refractivity contribution < 1.29 is 9.59 Å². The number of nitrogens with zero attached hydrogens (tertiary/aromatic N) is 1. The van der Waals surface area contributed by atoms with Crippen LogP contribution in [0.3, 0.4) is 0 Å². The van der Waals surface area contributed by atoms with E-state index in [4.69, 9.17) is 0 Å². The predicted octanol–water partition coefficient (Wildman–Crippen LogP) is 2.90. The Bertz CT molecular complexity index is 853. The minimum absolute atomic E-state index is 0.197. The Hall–Kier alpha value is -2.60. The van der Waals surface area contributed by atoms with Gasteiger partial charge in [-0.05, 0) is 29.1 Å². The Balaban J connectivity index is 1.62. The van der Waals surface area contributed by atoms with E-state index in [1.807, 2.05) is 41.9 Å². The molecule has 2 N–H and O–H groups in total. The molecule has 22 heavy (non-hydrogen) atoms. The van der Waals surface area contributed by atoms with Crippen molar-refractivity contribution in [3.63, 3.8) is 0 Å². The van der Waals surface area contributed by atoms with Crippen LogP contribution in [0.25, 0.3) is 10.9 Å². The van der Waals surface area contributed by atoms with Crippen molar-refractivity contribution in [2.24, 2.45) is 0 Å². The van der Waals surface area contributed by atoms with Gasteiger partial charge in [0, 0.05) is 23.5 Å². The van der Waals surface area contributed by atoms with Gasteiger partial charge < -0.3 is 10.3 Å². The minimum Gasteiger partial charge on any atom is -0.361 e. The maximum atomic E-state index is 12.5. The molecule has 4 rings (SSSR count). The molecule has 2 aromatic heterocycles. The topological polar surface area (TPSA) is 65.2 Å². The molecule has 0 saturated carbocycles. The van der Waals surface area contributed by atoms with Crippen LogP contribution in [0.4, 0.5) is 9.80 Å². The molecule has 110 valence electrons. The summed E-state index contributed by atoms with van der Waals surface area (Å²) in [6, 6.07) is 10.7. The van der Waals surface area contributed by atoms with Crippen molar-refractivity contribution in [2.45, 2.75) is 12.5 Å². The fraction of sp³-hybridized carbons (Fsp3) is 0.125. The van der Waals surface area contributed by atoms with Crippen LogP contribution < -0.4 is 10.2 Å². The average molecular weight is 311 g/mol. The smallest absolute Gasteiger partial charge is 0.330 e. The van der Waals surface area contributed by atoms with E-state index in [-0.39, 0.29) is 11.9 Å². The number of benzene rings is 1. The number of aromatic amines is 1. The van der Waals surface area contributed by atoms with Gasteiger partial charge in [0.25, 0.3) is 5.91 Å². The van der Waals surface area contributed by atoms with Gasteiger partial charge in [-0.15, -0.1) is 11.3 Å². The van der Waals surface area contributed by atoms with E-state index in [0.717, 1.165) is 16.5 Å². The Morgan fingerprint density at radius 3 is 2.82 bits per heavy atom. The van der Waals surface area contributed by atoms with Gasteiger partial charge in [-0.25, -0.2) is 9.69 Å². The van der Waals surface area contributed by atoms with Crippen LogP contribution in [0.2, 0.25) is 0 Å². The molecule has 3 aromatic rings. The van der Waals surface area contributed by atoms with E-state index < -0.39 is 6.04 Å². The molecule has 0 bridgehead atoms. The van der Waals surface area contributed by atoms with E-state index in [1.54, 1.807) is 6.07 Å². The quantitative estimate of drug-likeness (QED) is 0.730. The summed E-state index contributed by atoms with van der Waals surface area (Å²) in [5.41, 5.74) is 2.06. The number of rotatable bonds is 3. The summed E-state index contributed by atoms with van der Waals surface area (Å²) < 4.78 is 0. The van der Waals surface area contributed by atoms with Crippen molar-refractivity contribution in [3.8, 4) is 0 Å². The molecule has 0 spiro atoms. The molecule has 0 radical (unpaired) electrons.